The highest BCUT2D eigenvalue weighted by Crippen LogP contribution is 2.25. The van der Waals surface area contributed by atoms with E-state index in [-0.39, 0.29) is 42.9 Å². The van der Waals surface area contributed by atoms with Crippen molar-refractivity contribution in [1.29, 1.82) is 0 Å². The first kappa shape index (κ1) is 21.4. The summed E-state index contributed by atoms with van der Waals surface area (Å²) in [5.74, 6) is -1.73. The molecule has 1 aliphatic rings. The molecule has 0 spiro atoms. The number of nitrogens with zero attached hydrogens (tertiary/aromatic N) is 1. The molecule has 2 unspecified atom stereocenters. The van der Waals surface area contributed by atoms with Gasteiger partial charge in [-0.2, -0.15) is 0 Å². The fourth-order valence-electron chi connectivity index (χ4n) is 1.85. The first-order chi connectivity index (χ1) is 10.9. The van der Waals surface area contributed by atoms with Crippen LogP contribution in [0.15, 0.2) is 0 Å². The summed E-state index contributed by atoms with van der Waals surface area (Å²) >= 11 is 1.14. The van der Waals surface area contributed by atoms with Crippen molar-refractivity contribution in [2.75, 3.05) is 26.4 Å². The lowest BCUT2D eigenvalue weighted by Crippen LogP contribution is -2.38. The number of likely N-dealkylation sites (tertiary alicyclic amines) is 1. The lowest BCUT2D eigenvalue weighted by Gasteiger charge is -2.15. The van der Waals surface area contributed by atoms with Crippen molar-refractivity contribution in [1.82, 2.24) is 15.5 Å². The quantitative estimate of drug-likeness (QED) is 0.515. The van der Waals surface area contributed by atoms with Gasteiger partial charge in [0.15, 0.2) is 0 Å². The smallest absolute Gasteiger partial charge is 0.321 e. The summed E-state index contributed by atoms with van der Waals surface area (Å²) in [5, 5.41) is 13.4. The molecule has 23 heavy (non-hydrogen) atoms. The molecule has 8 nitrogen and oxygen atoms in total. The van der Waals surface area contributed by atoms with Crippen LogP contribution in [0.1, 0.15) is 26.7 Å². The average Bonchev–Trinajstić information content (AvgIpc) is 2.81. The van der Waals surface area contributed by atoms with Gasteiger partial charge >= 0.3 is 5.97 Å². The number of nitrogens with one attached hydrogen (secondary N) is 2. The SMILES string of the molecule is CC.CNC(=O)CCN1C(=O)CC(SCC(NC)C(=O)O)C1=O. The molecule has 9 heteroatoms. The molecule has 2 atom stereocenters. The molecule has 3 amide bonds. The van der Waals surface area contributed by atoms with E-state index in [0.29, 0.717) is 0 Å². The first-order valence-electron chi connectivity index (χ1n) is 7.47. The maximum Gasteiger partial charge on any atom is 0.321 e. The molecule has 0 aromatic carbocycles. The Labute approximate surface area is 140 Å². The van der Waals surface area contributed by atoms with E-state index in [1.54, 1.807) is 0 Å². The molecule has 0 aliphatic carbocycles. The van der Waals surface area contributed by atoms with Crippen LogP contribution < -0.4 is 10.6 Å². The van der Waals surface area contributed by atoms with Gasteiger partial charge in [0.2, 0.25) is 17.7 Å². The summed E-state index contributed by atoms with van der Waals surface area (Å²) in [6, 6.07) is -0.766. The van der Waals surface area contributed by atoms with E-state index in [1.165, 1.54) is 14.1 Å². The van der Waals surface area contributed by atoms with Gasteiger partial charge in [0.1, 0.15) is 6.04 Å². The highest BCUT2D eigenvalue weighted by Gasteiger charge is 2.39. The second-order valence-corrected chi connectivity index (χ2v) is 5.75. The number of likely N-dealkylation sites (N-methyl/N-ethyl adjacent to an activating group) is 1. The minimum absolute atomic E-state index is 0.0489. The van der Waals surface area contributed by atoms with Crippen LogP contribution in [0.2, 0.25) is 0 Å². The fourth-order valence-corrected chi connectivity index (χ4v) is 3.11. The van der Waals surface area contributed by atoms with Crippen LogP contribution in [0.4, 0.5) is 0 Å². The molecular weight excluding hydrogens is 322 g/mol. The number of carboxylic acid groups (broad SMARTS) is 1. The van der Waals surface area contributed by atoms with Crippen molar-refractivity contribution >= 4 is 35.5 Å². The predicted molar refractivity (Wildman–Crippen MR) is 88.1 cm³/mol. The first-order valence-corrected chi connectivity index (χ1v) is 8.52. The molecule has 1 fully saturated rings. The van der Waals surface area contributed by atoms with Crippen molar-refractivity contribution in [3.63, 3.8) is 0 Å². The van der Waals surface area contributed by atoms with Gasteiger partial charge in [-0.1, -0.05) is 13.8 Å². The van der Waals surface area contributed by atoms with Gasteiger partial charge in [0, 0.05) is 32.2 Å². The van der Waals surface area contributed by atoms with E-state index in [9.17, 15) is 19.2 Å². The lowest BCUT2D eigenvalue weighted by atomic mass is 10.3. The van der Waals surface area contributed by atoms with Crippen LogP contribution in [-0.4, -0.2) is 71.4 Å². The van der Waals surface area contributed by atoms with Crippen molar-refractivity contribution in [2.24, 2.45) is 0 Å². The van der Waals surface area contributed by atoms with Crippen molar-refractivity contribution in [3.05, 3.63) is 0 Å². The summed E-state index contributed by atoms with van der Waals surface area (Å²) in [6.45, 7) is 4.06. The Morgan fingerprint density at radius 1 is 1.35 bits per heavy atom. The highest BCUT2D eigenvalue weighted by atomic mass is 32.2. The number of rotatable bonds is 8. The number of thioether (sulfide) groups is 1. The van der Waals surface area contributed by atoms with E-state index in [1.807, 2.05) is 13.8 Å². The summed E-state index contributed by atoms with van der Waals surface area (Å²) in [4.78, 5) is 46.9. The van der Waals surface area contributed by atoms with Gasteiger partial charge in [-0.25, -0.2) is 0 Å². The van der Waals surface area contributed by atoms with E-state index in [0.717, 1.165) is 16.7 Å². The number of aliphatic carboxylic acids is 1. The molecule has 0 aromatic heterocycles. The Kier molecular flexibility index (Phi) is 10.2. The van der Waals surface area contributed by atoms with Crippen LogP contribution in [0.5, 0.6) is 0 Å². The number of carbonyl (C=O) groups excluding carboxylic acids is 3. The molecule has 0 saturated carbocycles. The third-order valence-electron chi connectivity index (χ3n) is 3.15. The van der Waals surface area contributed by atoms with Crippen LogP contribution in [0, 0.1) is 0 Å². The van der Waals surface area contributed by atoms with Crippen LogP contribution in [0.25, 0.3) is 0 Å². The third kappa shape index (κ3) is 6.57. The van der Waals surface area contributed by atoms with Gasteiger partial charge in [-0.3, -0.25) is 24.1 Å². The Bertz CT molecular complexity index is 444. The van der Waals surface area contributed by atoms with Crippen LogP contribution in [-0.2, 0) is 19.2 Å². The molecule has 1 rings (SSSR count). The molecular formula is C14H25N3O5S. The van der Waals surface area contributed by atoms with Gasteiger partial charge in [0.05, 0.1) is 5.25 Å². The Morgan fingerprint density at radius 2 is 1.96 bits per heavy atom. The molecule has 132 valence electrons. The largest absolute Gasteiger partial charge is 0.480 e. The van der Waals surface area contributed by atoms with Crippen molar-refractivity contribution in [2.45, 2.75) is 38.0 Å². The van der Waals surface area contributed by atoms with Crippen molar-refractivity contribution < 1.29 is 24.3 Å². The Hall–Kier alpha value is -1.61. The molecule has 1 saturated heterocycles. The molecule has 0 aromatic rings. The zero-order chi connectivity index (χ0) is 18.0. The average molecular weight is 347 g/mol. The van der Waals surface area contributed by atoms with E-state index in [4.69, 9.17) is 5.11 Å². The summed E-state index contributed by atoms with van der Waals surface area (Å²) in [6.07, 6.45) is 0.118. The number of amides is 3. The monoisotopic (exact) mass is 347 g/mol. The number of carboxylic acids is 1. The number of carbonyl (C=O) groups is 4. The Morgan fingerprint density at radius 3 is 2.43 bits per heavy atom. The summed E-state index contributed by atoms with van der Waals surface area (Å²) in [5.41, 5.74) is 0. The number of hydrogen-bond donors (Lipinski definition) is 3. The third-order valence-corrected chi connectivity index (χ3v) is 4.45. The topological polar surface area (TPSA) is 116 Å². The number of hydrogen-bond acceptors (Lipinski definition) is 6. The van der Waals surface area contributed by atoms with E-state index >= 15 is 0 Å². The molecule has 0 bridgehead atoms. The molecule has 1 aliphatic heterocycles. The maximum absolute atomic E-state index is 12.1. The zero-order valence-corrected chi connectivity index (χ0v) is 14.7. The van der Waals surface area contributed by atoms with E-state index < -0.39 is 17.3 Å². The van der Waals surface area contributed by atoms with Gasteiger partial charge in [-0.15, -0.1) is 11.8 Å². The van der Waals surface area contributed by atoms with Crippen LogP contribution >= 0.6 is 11.8 Å². The minimum Gasteiger partial charge on any atom is -0.480 e. The standard InChI is InChI=1S/C12H19N3O5S.C2H6/c1-13-7(12(19)20)6-21-8-5-10(17)15(11(8)18)4-3-9(16)14-2;1-2/h7-8,13H,3-6H2,1-2H3,(H,14,16)(H,19,20);1-2H3. The molecule has 3 N–H and O–H groups in total. The van der Waals surface area contributed by atoms with Crippen molar-refractivity contribution in [3.8, 4) is 0 Å². The summed E-state index contributed by atoms with van der Waals surface area (Å²) < 4.78 is 0. The fraction of sp³-hybridized carbons (Fsp3) is 0.714. The summed E-state index contributed by atoms with van der Waals surface area (Å²) in [7, 11) is 3.01. The molecule has 1 heterocycles. The van der Waals surface area contributed by atoms with E-state index in [2.05, 4.69) is 10.6 Å². The second-order valence-electron chi connectivity index (χ2n) is 4.51. The predicted octanol–water partition coefficient (Wildman–Crippen LogP) is -0.318. The Balaban J connectivity index is 0.00000232. The normalized spacial score (nSPS) is 18.3. The lowest BCUT2D eigenvalue weighted by molar-refractivity contribution is -0.140. The zero-order valence-electron chi connectivity index (χ0n) is 13.9. The molecule has 0 radical (unpaired) electrons. The van der Waals surface area contributed by atoms with Crippen LogP contribution in [0.3, 0.4) is 0 Å². The number of imide groups is 1. The minimum atomic E-state index is -1.00. The highest BCUT2D eigenvalue weighted by molar-refractivity contribution is 8.00. The van der Waals surface area contributed by atoms with Gasteiger partial charge in [0.25, 0.3) is 0 Å². The second kappa shape index (κ2) is 11.0. The van der Waals surface area contributed by atoms with Gasteiger partial charge < -0.3 is 15.7 Å². The van der Waals surface area contributed by atoms with Gasteiger partial charge in [-0.05, 0) is 7.05 Å². The maximum atomic E-state index is 12.1.